The van der Waals surface area contributed by atoms with Gasteiger partial charge >= 0.3 is 0 Å². The Hall–Kier alpha value is -3.04. The second-order valence-corrected chi connectivity index (χ2v) is 5.66. The summed E-state index contributed by atoms with van der Waals surface area (Å²) in [6.45, 7) is 3.21. The van der Waals surface area contributed by atoms with Gasteiger partial charge in [-0.25, -0.2) is 0 Å². The fourth-order valence-electron chi connectivity index (χ4n) is 2.49. The number of aliphatic hydroxyl groups is 1. The molecule has 9 nitrogen and oxygen atoms in total. The van der Waals surface area contributed by atoms with E-state index in [1.54, 1.807) is 19.9 Å². The van der Waals surface area contributed by atoms with Crippen molar-refractivity contribution in [1.29, 1.82) is 0 Å². The third-order valence-electron chi connectivity index (χ3n) is 3.99. The van der Waals surface area contributed by atoms with Crippen LogP contribution in [0, 0.1) is 17.0 Å². The molecule has 0 aromatic heterocycles. The molecule has 2 aromatic carbocycles. The molecule has 0 saturated heterocycles. The summed E-state index contributed by atoms with van der Waals surface area (Å²) in [6, 6.07) is 6.93. The molecule has 0 radical (unpaired) electrons. The molecule has 0 saturated carbocycles. The first-order chi connectivity index (χ1) is 12.3. The number of nitrogens with two attached hydrogens (primary N) is 1. The van der Waals surface area contributed by atoms with Crippen LogP contribution in [0.5, 0.6) is 11.5 Å². The zero-order valence-electron chi connectivity index (χ0n) is 14.4. The number of nitro groups is 1. The first-order valence-corrected chi connectivity index (χ1v) is 7.89. The van der Waals surface area contributed by atoms with Crippen LogP contribution in [0.1, 0.15) is 24.2 Å². The number of benzene rings is 2. The van der Waals surface area contributed by atoms with E-state index in [1.807, 2.05) is 0 Å². The summed E-state index contributed by atoms with van der Waals surface area (Å²) in [5, 5.41) is 41.7. The lowest BCUT2D eigenvalue weighted by molar-refractivity contribution is -0.384. The van der Waals surface area contributed by atoms with E-state index in [0.29, 0.717) is 16.8 Å². The third kappa shape index (κ3) is 3.95. The number of aliphatic hydroxyl groups excluding tert-OH is 1. The van der Waals surface area contributed by atoms with Crippen LogP contribution >= 0.6 is 0 Å². The van der Waals surface area contributed by atoms with Crippen LogP contribution in [0.2, 0.25) is 0 Å². The fourth-order valence-corrected chi connectivity index (χ4v) is 2.49. The van der Waals surface area contributed by atoms with Crippen LogP contribution < -0.4 is 15.5 Å². The van der Waals surface area contributed by atoms with E-state index in [1.165, 1.54) is 24.3 Å². The number of phenols is 1. The predicted molar refractivity (Wildman–Crippen MR) is 95.6 cm³/mol. The molecule has 0 heterocycles. The maximum atomic E-state index is 11.0. The summed E-state index contributed by atoms with van der Waals surface area (Å²) in [5.41, 5.74) is 6.49. The molecule has 2 rings (SSSR count). The number of nitrogens with zero attached hydrogens (tertiary/aromatic N) is 2. The molecule has 0 aliphatic carbocycles. The number of anilines is 2. The van der Waals surface area contributed by atoms with E-state index in [-0.39, 0.29) is 29.4 Å². The Morgan fingerprint density at radius 1 is 1.35 bits per heavy atom. The molecule has 140 valence electrons. The van der Waals surface area contributed by atoms with Gasteiger partial charge in [0.05, 0.1) is 23.3 Å². The molecule has 26 heavy (non-hydrogen) atoms. The Kier molecular flexibility index (Phi) is 5.86. The number of phenolic OH excluding ortho intramolecular Hbond substituents is 1. The van der Waals surface area contributed by atoms with Crippen molar-refractivity contribution in [2.24, 2.45) is 0 Å². The maximum Gasteiger partial charge on any atom is 0.295 e. The van der Waals surface area contributed by atoms with Crippen LogP contribution in [0.3, 0.4) is 0 Å². The summed E-state index contributed by atoms with van der Waals surface area (Å²) in [6.07, 6.45) is -0.908. The molecule has 0 aliphatic rings. The minimum atomic E-state index is -0.908. The van der Waals surface area contributed by atoms with Gasteiger partial charge in [0.2, 0.25) is 0 Å². The molecule has 0 amide bonds. The van der Waals surface area contributed by atoms with Crippen molar-refractivity contribution < 1.29 is 25.1 Å². The number of hydroxylamine groups is 1. The topological polar surface area (TPSA) is 142 Å². The van der Waals surface area contributed by atoms with Crippen molar-refractivity contribution in [2.45, 2.75) is 20.0 Å². The van der Waals surface area contributed by atoms with Gasteiger partial charge in [0.15, 0.2) is 0 Å². The summed E-state index contributed by atoms with van der Waals surface area (Å²) in [7, 11) is 0. The van der Waals surface area contributed by atoms with Gasteiger partial charge in [-0.1, -0.05) is 0 Å². The summed E-state index contributed by atoms with van der Waals surface area (Å²) in [5.74, 6) is 0.0703. The molecule has 0 fully saturated rings. The van der Waals surface area contributed by atoms with E-state index in [4.69, 9.17) is 10.5 Å². The van der Waals surface area contributed by atoms with Gasteiger partial charge in [-0.2, -0.15) is 0 Å². The highest BCUT2D eigenvalue weighted by molar-refractivity contribution is 5.61. The largest absolute Gasteiger partial charge is 0.508 e. The Morgan fingerprint density at radius 3 is 2.62 bits per heavy atom. The predicted octanol–water partition coefficient (Wildman–Crippen LogP) is 2.52. The van der Waals surface area contributed by atoms with Gasteiger partial charge in [0.25, 0.3) is 5.69 Å². The van der Waals surface area contributed by atoms with Gasteiger partial charge in [0.1, 0.15) is 23.3 Å². The van der Waals surface area contributed by atoms with Crippen molar-refractivity contribution >= 4 is 17.1 Å². The maximum absolute atomic E-state index is 11.0. The normalized spacial score (nSPS) is 11.8. The van der Waals surface area contributed by atoms with Crippen molar-refractivity contribution in [3.05, 3.63) is 51.6 Å². The molecule has 0 aliphatic heterocycles. The quantitative estimate of drug-likeness (QED) is 0.334. The average Bonchev–Trinajstić information content (AvgIpc) is 2.62. The smallest absolute Gasteiger partial charge is 0.295 e. The molecule has 1 atom stereocenters. The molecule has 9 heteroatoms. The molecule has 2 aromatic rings. The van der Waals surface area contributed by atoms with Gasteiger partial charge in [-0.15, -0.1) is 0 Å². The molecule has 0 bridgehead atoms. The average molecular weight is 363 g/mol. The van der Waals surface area contributed by atoms with Gasteiger partial charge in [-0.05, 0) is 37.6 Å². The second kappa shape index (κ2) is 7.89. The SMILES string of the molecule is CCN(O)c1cc(O)c(C)c(C(CO)Oc2ccc(N)c([N+](=O)[O-])c2)c1. The second-order valence-electron chi connectivity index (χ2n) is 5.66. The van der Waals surface area contributed by atoms with Crippen molar-refractivity contribution in [3.8, 4) is 11.5 Å². The molecule has 0 spiro atoms. The van der Waals surface area contributed by atoms with Crippen LogP contribution in [-0.4, -0.2) is 33.5 Å². The zero-order chi connectivity index (χ0) is 19.4. The lowest BCUT2D eigenvalue weighted by Crippen LogP contribution is -2.19. The Morgan fingerprint density at radius 2 is 2.04 bits per heavy atom. The minimum absolute atomic E-state index is 0.00223. The number of hydrogen-bond donors (Lipinski definition) is 4. The minimum Gasteiger partial charge on any atom is -0.508 e. The van der Waals surface area contributed by atoms with E-state index >= 15 is 0 Å². The number of ether oxygens (including phenoxy) is 1. The number of nitrogen functional groups attached to an aromatic ring is 1. The third-order valence-corrected chi connectivity index (χ3v) is 3.99. The van der Waals surface area contributed by atoms with E-state index in [0.717, 1.165) is 5.06 Å². The van der Waals surface area contributed by atoms with Crippen LogP contribution in [0.15, 0.2) is 30.3 Å². The van der Waals surface area contributed by atoms with Crippen LogP contribution in [0.4, 0.5) is 17.1 Å². The van der Waals surface area contributed by atoms with Gasteiger partial charge in [0, 0.05) is 18.2 Å². The Balaban J connectivity index is 2.41. The highest BCUT2D eigenvalue weighted by Gasteiger charge is 2.21. The molecule has 5 N–H and O–H groups in total. The zero-order valence-corrected chi connectivity index (χ0v) is 14.4. The number of aromatic hydroxyl groups is 1. The number of nitro benzene ring substituents is 1. The summed E-state index contributed by atoms with van der Waals surface area (Å²) < 4.78 is 5.68. The lowest BCUT2D eigenvalue weighted by atomic mass is 10.0. The summed E-state index contributed by atoms with van der Waals surface area (Å²) >= 11 is 0. The molecule has 1 unspecified atom stereocenters. The molecular weight excluding hydrogens is 342 g/mol. The first-order valence-electron chi connectivity index (χ1n) is 7.89. The Labute approximate surface area is 150 Å². The van der Waals surface area contributed by atoms with Crippen LogP contribution in [-0.2, 0) is 0 Å². The van der Waals surface area contributed by atoms with Gasteiger partial charge in [-0.3, -0.25) is 20.4 Å². The van der Waals surface area contributed by atoms with E-state index in [2.05, 4.69) is 0 Å². The van der Waals surface area contributed by atoms with E-state index < -0.39 is 17.6 Å². The van der Waals surface area contributed by atoms with Crippen molar-refractivity contribution in [1.82, 2.24) is 0 Å². The first kappa shape index (κ1) is 19.3. The van der Waals surface area contributed by atoms with E-state index in [9.17, 15) is 25.5 Å². The van der Waals surface area contributed by atoms with Gasteiger partial charge < -0.3 is 20.7 Å². The number of rotatable bonds is 7. The highest BCUT2D eigenvalue weighted by atomic mass is 16.6. The monoisotopic (exact) mass is 363 g/mol. The van der Waals surface area contributed by atoms with Crippen molar-refractivity contribution in [3.63, 3.8) is 0 Å². The fraction of sp³-hybridized carbons (Fsp3) is 0.294. The van der Waals surface area contributed by atoms with Crippen molar-refractivity contribution in [2.75, 3.05) is 23.9 Å². The standard InChI is InChI=1S/C17H21N3O6/c1-3-19(23)11-6-13(10(2)16(22)7-11)17(9-21)26-12-4-5-14(18)15(8-12)20(24)25/h4-8,17,21-23H,3,9,18H2,1-2H3. The molecular formula is C17H21N3O6. The summed E-state index contributed by atoms with van der Waals surface area (Å²) in [4.78, 5) is 10.4. The number of hydrogen-bond acceptors (Lipinski definition) is 8. The Bertz CT molecular complexity index is 811. The lowest BCUT2D eigenvalue weighted by Gasteiger charge is -2.23. The van der Waals surface area contributed by atoms with Crippen LogP contribution in [0.25, 0.3) is 0 Å². The highest BCUT2D eigenvalue weighted by Crippen LogP contribution is 2.35.